The summed E-state index contributed by atoms with van der Waals surface area (Å²) in [5, 5.41) is 9.99. The quantitative estimate of drug-likeness (QED) is 0.750. The SMILES string of the molecule is O[C@@H]1CO[C@H](c2ccc(Cl)cc2)C1. The fourth-order valence-corrected chi connectivity index (χ4v) is 1.65. The predicted molar refractivity (Wildman–Crippen MR) is 50.8 cm³/mol. The highest BCUT2D eigenvalue weighted by Crippen LogP contribution is 2.29. The average Bonchev–Trinajstić information content (AvgIpc) is 2.53. The molecule has 1 aliphatic rings. The van der Waals surface area contributed by atoms with Crippen molar-refractivity contribution in [2.45, 2.75) is 18.6 Å². The third kappa shape index (κ3) is 2.02. The zero-order chi connectivity index (χ0) is 9.26. The molecular formula is C10H11ClO2. The van der Waals surface area contributed by atoms with Gasteiger partial charge in [0.1, 0.15) is 0 Å². The third-order valence-electron chi connectivity index (χ3n) is 2.22. The molecule has 3 heteroatoms. The van der Waals surface area contributed by atoms with Crippen molar-refractivity contribution in [3.63, 3.8) is 0 Å². The molecule has 0 aromatic heterocycles. The third-order valence-corrected chi connectivity index (χ3v) is 2.47. The van der Waals surface area contributed by atoms with Gasteiger partial charge in [-0.1, -0.05) is 23.7 Å². The van der Waals surface area contributed by atoms with Gasteiger partial charge in [-0.25, -0.2) is 0 Å². The Morgan fingerprint density at radius 3 is 2.54 bits per heavy atom. The molecule has 1 aromatic carbocycles. The van der Waals surface area contributed by atoms with E-state index >= 15 is 0 Å². The normalized spacial score (nSPS) is 27.8. The van der Waals surface area contributed by atoms with E-state index in [-0.39, 0.29) is 12.2 Å². The van der Waals surface area contributed by atoms with Gasteiger partial charge in [0, 0.05) is 11.4 Å². The van der Waals surface area contributed by atoms with Crippen molar-refractivity contribution < 1.29 is 9.84 Å². The molecule has 1 heterocycles. The summed E-state index contributed by atoms with van der Waals surface area (Å²) in [4.78, 5) is 0. The lowest BCUT2D eigenvalue weighted by Crippen LogP contribution is -2.02. The Labute approximate surface area is 82.1 Å². The van der Waals surface area contributed by atoms with E-state index in [4.69, 9.17) is 16.3 Å². The highest BCUT2D eigenvalue weighted by atomic mass is 35.5. The molecule has 0 aliphatic carbocycles. The predicted octanol–water partition coefficient (Wildman–Crippen LogP) is 2.16. The molecule has 1 aromatic rings. The van der Waals surface area contributed by atoms with E-state index in [9.17, 15) is 5.11 Å². The molecule has 0 saturated carbocycles. The number of halogens is 1. The van der Waals surface area contributed by atoms with Gasteiger partial charge >= 0.3 is 0 Å². The molecule has 2 atom stereocenters. The van der Waals surface area contributed by atoms with Crippen LogP contribution in [0.25, 0.3) is 0 Å². The van der Waals surface area contributed by atoms with Crippen LogP contribution in [-0.4, -0.2) is 17.8 Å². The van der Waals surface area contributed by atoms with Crippen LogP contribution in [0.1, 0.15) is 18.1 Å². The molecule has 0 radical (unpaired) electrons. The molecule has 1 saturated heterocycles. The van der Waals surface area contributed by atoms with E-state index in [0.29, 0.717) is 13.0 Å². The summed E-state index contributed by atoms with van der Waals surface area (Å²) in [7, 11) is 0. The smallest absolute Gasteiger partial charge is 0.0851 e. The van der Waals surface area contributed by atoms with Gasteiger partial charge in [-0.2, -0.15) is 0 Å². The fourth-order valence-electron chi connectivity index (χ4n) is 1.52. The second-order valence-corrected chi connectivity index (χ2v) is 3.70. The van der Waals surface area contributed by atoms with Crippen LogP contribution in [0.4, 0.5) is 0 Å². The van der Waals surface area contributed by atoms with Crippen molar-refractivity contribution in [3.05, 3.63) is 34.9 Å². The van der Waals surface area contributed by atoms with Crippen molar-refractivity contribution in [1.82, 2.24) is 0 Å². The van der Waals surface area contributed by atoms with Crippen LogP contribution >= 0.6 is 11.6 Å². The fraction of sp³-hybridized carbons (Fsp3) is 0.400. The lowest BCUT2D eigenvalue weighted by atomic mass is 10.1. The van der Waals surface area contributed by atoms with E-state index < -0.39 is 0 Å². The van der Waals surface area contributed by atoms with Crippen molar-refractivity contribution in [2.75, 3.05) is 6.61 Å². The van der Waals surface area contributed by atoms with Crippen LogP contribution < -0.4 is 0 Å². The summed E-state index contributed by atoms with van der Waals surface area (Å²) >= 11 is 5.76. The minimum atomic E-state index is -0.319. The Kier molecular flexibility index (Phi) is 2.54. The maximum Gasteiger partial charge on any atom is 0.0851 e. The summed E-state index contributed by atoms with van der Waals surface area (Å²) in [6, 6.07) is 7.55. The van der Waals surface area contributed by atoms with Gasteiger partial charge < -0.3 is 9.84 Å². The molecule has 0 spiro atoms. The molecule has 1 fully saturated rings. The molecule has 2 rings (SSSR count). The second-order valence-electron chi connectivity index (χ2n) is 3.26. The van der Waals surface area contributed by atoms with Gasteiger partial charge in [-0.15, -0.1) is 0 Å². The van der Waals surface area contributed by atoms with Crippen LogP contribution in [-0.2, 0) is 4.74 Å². The highest BCUT2D eigenvalue weighted by Gasteiger charge is 2.24. The van der Waals surface area contributed by atoms with Gasteiger partial charge in [0.25, 0.3) is 0 Å². The minimum Gasteiger partial charge on any atom is -0.391 e. The average molecular weight is 199 g/mol. The summed E-state index contributed by atoms with van der Waals surface area (Å²) in [6.45, 7) is 0.438. The number of benzene rings is 1. The molecule has 1 N–H and O–H groups in total. The molecule has 0 amide bonds. The highest BCUT2D eigenvalue weighted by molar-refractivity contribution is 6.30. The van der Waals surface area contributed by atoms with E-state index in [1.165, 1.54) is 0 Å². The zero-order valence-electron chi connectivity index (χ0n) is 7.11. The second kappa shape index (κ2) is 3.66. The van der Waals surface area contributed by atoms with E-state index in [0.717, 1.165) is 10.6 Å². The molecule has 13 heavy (non-hydrogen) atoms. The van der Waals surface area contributed by atoms with E-state index in [2.05, 4.69) is 0 Å². The monoisotopic (exact) mass is 198 g/mol. The number of rotatable bonds is 1. The number of aliphatic hydroxyl groups is 1. The topological polar surface area (TPSA) is 29.5 Å². The van der Waals surface area contributed by atoms with Crippen LogP contribution in [0.2, 0.25) is 5.02 Å². The standard InChI is InChI=1S/C10H11ClO2/c11-8-3-1-7(2-4-8)10-5-9(12)6-13-10/h1-4,9-10,12H,5-6H2/t9-,10-/m0/s1. The van der Waals surface area contributed by atoms with E-state index in [1.54, 1.807) is 0 Å². The molecule has 70 valence electrons. The largest absolute Gasteiger partial charge is 0.391 e. The van der Waals surface area contributed by atoms with Gasteiger partial charge in [0.15, 0.2) is 0 Å². The lowest BCUT2D eigenvalue weighted by Gasteiger charge is -2.08. The molecule has 0 unspecified atom stereocenters. The van der Waals surface area contributed by atoms with Crippen molar-refractivity contribution in [1.29, 1.82) is 0 Å². The Bertz CT molecular complexity index is 283. The summed E-state index contributed by atoms with van der Waals surface area (Å²) < 4.78 is 5.40. The van der Waals surface area contributed by atoms with Crippen LogP contribution in [0.3, 0.4) is 0 Å². The van der Waals surface area contributed by atoms with Crippen molar-refractivity contribution >= 4 is 11.6 Å². The maximum atomic E-state index is 9.26. The Balaban J connectivity index is 2.13. The van der Waals surface area contributed by atoms with Gasteiger partial charge in [-0.3, -0.25) is 0 Å². The van der Waals surface area contributed by atoms with Crippen LogP contribution in [0.15, 0.2) is 24.3 Å². The van der Waals surface area contributed by atoms with Crippen molar-refractivity contribution in [2.24, 2.45) is 0 Å². The zero-order valence-corrected chi connectivity index (χ0v) is 7.87. The summed E-state index contributed by atoms with van der Waals surface area (Å²) in [5.74, 6) is 0. The summed E-state index contributed by atoms with van der Waals surface area (Å²) in [5.41, 5.74) is 1.08. The number of hydrogen-bond donors (Lipinski definition) is 1. The van der Waals surface area contributed by atoms with Gasteiger partial charge in [0.2, 0.25) is 0 Å². The number of ether oxygens (including phenoxy) is 1. The molecule has 1 aliphatic heterocycles. The Morgan fingerprint density at radius 2 is 2.00 bits per heavy atom. The van der Waals surface area contributed by atoms with Crippen molar-refractivity contribution in [3.8, 4) is 0 Å². The number of aliphatic hydroxyl groups excluding tert-OH is 1. The molecule has 2 nitrogen and oxygen atoms in total. The van der Waals surface area contributed by atoms with Crippen LogP contribution in [0.5, 0.6) is 0 Å². The number of hydrogen-bond acceptors (Lipinski definition) is 2. The lowest BCUT2D eigenvalue weighted by molar-refractivity contribution is 0.0888. The minimum absolute atomic E-state index is 0.0345. The van der Waals surface area contributed by atoms with Gasteiger partial charge in [-0.05, 0) is 17.7 Å². The van der Waals surface area contributed by atoms with E-state index in [1.807, 2.05) is 24.3 Å². The first-order valence-corrected chi connectivity index (χ1v) is 4.68. The maximum absolute atomic E-state index is 9.26. The first kappa shape index (κ1) is 9.00. The Hall–Kier alpha value is -0.570. The summed E-state index contributed by atoms with van der Waals surface area (Å²) in [6.07, 6.45) is 0.398. The van der Waals surface area contributed by atoms with Crippen LogP contribution in [0, 0.1) is 0 Å². The molecule has 0 bridgehead atoms. The first-order valence-electron chi connectivity index (χ1n) is 4.31. The molecular weight excluding hydrogens is 188 g/mol. The van der Waals surface area contributed by atoms with Gasteiger partial charge in [0.05, 0.1) is 18.8 Å². The Morgan fingerprint density at radius 1 is 1.31 bits per heavy atom. The first-order chi connectivity index (χ1) is 6.25.